The predicted octanol–water partition coefficient (Wildman–Crippen LogP) is 5.23. The summed E-state index contributed by atoms with van der Waals surface area (Å²) < 4.78 is 34.5. The summed E-state index contributed by atoms with van der Waals surface area (Å²) in [5.41, 5.74) is 2.56. The van der Waals surface area contributed by atoms with Gasteiger partial charge in [0.2, 0.25) is 11.8 Å². The second-order valence-corrected chi connectivity index (χ2v) is 13.0. The standard InChI is InChI=1S/C32H41N3O5S/c1-8-40-28-16-14-27(15-17-28)35(41(38,39)29-18-12-23(2)13-19-29)22-30(36)34(21-26-11-9-10-24(3)20-26)25(4)31(37)33-32(5,6)7/h9-20,25H,8,21-22H2,1-7H3,(H,33,37)/t25-/m0/s1. The van der Waals surface area contributed by atoms with Crippen LogP contribution in [0.4, 0.5) is 5.69 Å². The number of ether oxygens (including phenoxy) is 1. The largest absolute Gasteiger partial charge is 0.494 e. The summed E-state index contributed by atoms with van der Waals surface area (Å²) in [6.07, 6.45) is 0. The van der Waals surface area contributed by atoms with Gasteiger partial charge >= 0.3 is 0 Å². The van der Waals surface area contributed by atoms with Crippen LogP contribution >= 0.6 is 0 Å². The third kappa shape index (κ3) is 8.57. The van der Waals surface area contributed by atoms with Crippen LogP contribution in [0.5, 0.6) is 5.75 Å². The molecule has 0 aliphatic carbocycles. The Morgan fingerprint density at radius 3 is 2.12 bits per heavy atom. The molecule has 0 unspecified atom stereocenters. The topological polar surface area (TPSA) is 96.0 Å². The molecule has 0 heterocycles. The SMILES string of the molecule is CCOc1ccc(N(CC(=O)N(Cc2cccc(C)c2)[C@@H](C)C(=O)NC(C)(C)C)S(=O)(=O)c2ccc(C)cc2)cc1. The molecule has 0 aromatic heterocycles. The smallest absolute Gasteiger partial charge is 0.264 e. The molecule has 2 amide bonds. The van der Waals surface area contributed by atoms with Gasteiger partial charge in [0.25, 0.3) is 10.0 Å². The number of sulfonamides is 1. The molecule has 1 atom stereocenters. The predicted molar refractivity (Wildman–Crippen MR) is 162 cm³/mol. The first-order valence-electron chi connectivity index (χ1n) is 13.7. The van der Waals surface area contributed by atoms with Crippen molar-refractivity contribution in [1.29, 1.82) is 0 Å². The summed E-state index contributed by atoms with van der Waals surface area (Å²) >= 11 is 0. The molecule has 220 valence electrons. The van der Waals surface area contributed by atoms with Crippen molar-refractivity contribution in [2.75, 3.05) is 17.5 Å². The van der Waals surface area contributed by atoms with Crippen LogP contribution in [0.2, 0.25) is 0 Å². The average molecular weight is 580 g/mol. The van der Waals surface area contributed by atoms with Crippen LogP contribution in [-0.4, -0.2) is 49.9 Å². The minimum atomic E-state index is -4.13. The van der Waals surface area contributed by atoms with E-state index in [0.717, 1.165) is 21.0 Å². The van der Waals surface area contributed by atoms with Gasteiger partial charge in [0.1, 0.15) is 18.3 Å². The Morgan fingerprint density at radius 1 is 0.927 bits per heavy atom. The molecule has 0 aliphatic heterocycles. The fourth-order valence-corrected chi connectivity index (χ4v) is 5.72. The minimum absolute atomic E-state index is 0.0635. The van der Waals surface area contributed by atoms with Crippen LogP contribution in [0.1, 0.15) is 51.3 Å². The molecular formula is C32H41N3O5S. The number of rotatable bonds is 11. The summed E-state index contributed by atoms with van der Waals surface area (Å²) in [6, 6.07) is 19.9. The number of aryl methyl sites for hydroxylation is 2. The van der Waals surface area contributed by atoms with E-state index < -0.39 is 34.1 Å². The number of hydrogen-bond acceptors (Lipinski definition) is 5. The Bertz CT molecular complexity index is 1450. The zero-order valence-corrected chi connectivity index (χ0v) is 25.8. The van der Waals surface area contributed by atoms with Crippen molar-refractivity contribution < 1.29 is 22.7 Å². The quantitative estimate of drug-likeness (QED) is 0.336. The molecule has 1 N–H and O–H groups in total. The van der Waals surface area contributed by atoms with Gasteiger partial charge in [-0.15, -0.1) is 0 Å². The van der Waals surface area contributed by atoms with Crippen molar-refractivity contribution in [3.63, 3.8) is 0 Å². The van der Waals surface area contributed by atoms with Crippen LogP contribution in [0, 0.1) is 13.8 Å². The Hall–Kier alpha value is -3.85. The molecule has 0 saturated carbocycles. The van der Waals surface area contributed by atoms with Crippen LogP contribution in [0.3, 0.4) is 0 Å². The third-order valence-electron chi connectivity index (χ3n) is 6.42. The maximum Gasteiger partial charge on any atom is 0.264 e. The van der Waals surface area contributed by atoms with E-state index >= 15 is 0 Å². The fraction of sp³-hybridized carbons (Fsp3) is 0.375. The van der Waals surface area contributed by atoms with Gasteiger partial charge in [-0.3, -0.25) is 13.9 Å². The zero-order valence-electron chi connectivity index (χ0n) is 25.0. The van der Waals surface area contributed by atoms with Crippen LogP contribution in [-0.2, 0) is 26.2 Å². The Kier molecular flexibility index (Phi) is 10.2. The third-order valence-corrected chi connectivity index (χ3v) is 8.21. The highest BCUT2D eigenvalue weighted by Crippen LogP contribution is 2.27. The number of nitrogens with one attached hydrogen (secondary N) is 1. The van der Waals surface area contributed by atoms with Gasteiger partial charge in [-0.2, -0.15) is 0 Å². The van der Waals surface area contributed by atoms with E-state index in [4.69, 9.17) is 4.74 Å². The summed E-state index contributed by atoms with van der Waals surface area (Å²) in [6.45, 7) is 13.1. The highest BCUT2D eigenvalue weighted by molar-refractivity contribution is 7.92. The van der Waals surface area contributed by atoms with Crippen molar-refractivity contribution in [2.24, 2.45) is 0 Å². The number of carbonyl (C=O) groups excluding carboxylic acids is 2. The highest BCUT2D eigenvalue weighted by Gasteiger charge is 2.33. The summed E-state index contributed by atoms with van der Waals surface area (Å²) in [5.74, 6) is -0.246. The number of anilines is 1. The van der Waals surface area contributed by atoms with Crippen molar-refractivity contribution in [3.8, 4) is 5.75 Å². The second-order valence-electron chi connectivity index (χ2n) is 11.2. The number of benzene rings is 3. The van der Waals surface area contributed by atoms with E-state index in [1.54, 1.807) is 43.3 Å². The lowest BCUT2D eigenvalue weighted by Gasteiger charge is -2.33. The first kappa shape index (κ1) is 31.7. The maximum absolute atomic E-state index is 14.0. The number of carbonyl (C=O) groups is 2. The lowest BCUT2D eigenvalue weighted by molar-refractivity contribution is -0.140. The first-order valence-corrected chi connectivity index (χ1v) is 15.1. The summed E-state index contributed by atoms with van der Waals surface area (Å²) in [4.78, 5) is 28.8. The van der Waals surface area contributed by atoms with Crippen molar-refractivity contribution >= 4 is 27.5 Å². The van der Waals surface area contributed by atoms with E-state index in [9.17, 15) is 18.0 Å². The summed E-state index contributed by atoms with van der Waals surface area (Å²) in [5, 5.41) is 2.94. The van der Waals surface area contributed by atoms with E-state index in [2.05, 4.69) is 5.32 Å². The molecule has 0 bridgehead atoms. The van der Waals surface area contributed by atoms with Crippen LogP contribution in [0.25, 0.3) is 0 Å². The molecule has 0 aliphatic rings. The fourth-order valence-electron chi connectivity index (χ4n) is 4.31. The van der Waals surface area contributed by atoms with E-state index in [0.29, 0.717) is 18.0 Å². The molecule has 3 rings (SSSR count). The molecule has 3 aromatic carbocycles. The van der Waals surface area contributed by atoms with Gasteiger partial charge < -0.3 is 15.0 Å². The van der Waals surface area contributed by atoms with Gasteiger partial charge in [-0.25, -0.2) is 8.42 Å². The second kappa shape index (κ2) is 13.2. The zero-order chi connectivity index (χ0) is 30.4. The lowest BCUT2D eigenvalue weighted by Crippen LogP contribution is -2.54. The Balaban J connectivity index is 2.04. The Labute approximate surface area is 244 Å². The van der Waals surface area contributed by atoms with Crippen LogP contribution in [0.15, 0.2) is 77.7 Å². The molecular weight excluding hydrogens is 538 g/mol. The maximum atomic E-state index is 14.0. The molecule has 9 heteroatoms. The molecule has 8 nitrogen and oxygen atoms in total. The molecule has 0 saturated heterocycles. The summed E-state index contributed by atoms with van der Waals surface area (Å²) in [7, 11) is -4.13. The lowest BCUT2D eigenvalue weighted by atomic mass is 10.1. The number of hydrogen-bond donors (Lipinski definition) is 1. The van der Waals surface area contributed by atoms with Gasteiger partial charge in [0.05, 0.1) is 17.2 Å². The van der Waals surface area contributed by atoms with Gasteiger partial charge in [-0.05, 0) is 90.4 Å². The van der Waals surface area contributed by atoms with Crippen molar-refractivity contribution in [2.45, 2.75) is 71.5 Å². The van der Waals surface area contributed by atoms with E-state index in [1.807, 2.05) is 65.8 Å². The van der Waals surface area contributed by atoms with Crippen LogP contribution < -0.4 is 14.4 Å². The minimum Gasteiger partial charge on any atom is -0.494 e. The first-order chi connectivity index (χ1) is 19.2. The van der Waals surface area contributed by atoms with Gasteiger partial charge in [0.15, 0.2) is 0 Å². The molecule has 0 fully saturated rings. The molecule has 41 heavy (non-hydrogen) atoms. The monoisotopic (exact) mass is 579 g/mol. The molecule has 3 aromatic rings. The molecule has 0 radical (unpaired) electrons. The van der Waals surface area contributed by atoms with Crippen molar-refractivity contribution in [1.82, 2.24) is 10.2 Å². The number of nitrogens with zero attached hydrogens (tertiary/aromatic N) is 2. The van der Waals surface area contributed by atoms with E-state index in [1.165, 1.54) is 17.0 Å². The molecule has 0 spiro atoms. The Morgan fingerprint density at radius 2 is 1.56 bits per heavy atom. The normalized spacial score (nSPS) is 12.4. The number of amides is 2. The van der Waals surface area contributed by atoms with E-state index in [-0.39, 0.29) is 17.3 Å². The van der Waals surface area contributed by atoms with Gasteiger partial charge in [0, 0.05) is 12.1 Å². The van der Waals surface area contributed by atoms with Gasteiger partial charge in [-0.1, -0.05) is 47.5 Å². The van der Waals surface area contributed by atoms with Crippen molar-refractivity contribution in [3.05, 3.63) is 89.5 Å². The average Bonchev–Trinajstić information content (AvgIpc) is 2.90. The highest BCUT2D eigenvalue weighted by atomic mass is 32.2.